The van der Waals surface area contributed by atoms with E-state index >= 15 is 0 Å². The Morgan fingerprint density at radius 2 is 1.85 bits per heavy atom. The normalized spacial score (nSPS) is 9.08. The number of hydrogen-bond acceptors (Lipinski definition) is 2. The molecule has 79 valence electrons. The van der Waals surface area contributed by atoms with Gasteiger partial charge in [-0.2, -0.15) is 0 Å². The average Bonchev–Trinajstić information content (AvgIpc) is 2.06. The first kappa shape index (κ1) is 16.2. The van der Waals surface area contributed by atoms with Gasteiger partial charge >= 0.3 is 0 Å². The van der Waals surface area contributed by atoms with Gasteiger partial charge in [0.25, 0.3) is 0 Å². The summed E-state index contributed by atoms with van der Waals surface area (Å²) in [7, 11) is 0. The molecule has 0 amide bonds. The fourth-order valence-electron chi connectivity index (χ4n) is 0.727. The van der Waals surface area contributed by atoms with Crippen LogP contribution < -0.4 is 5.32 Å². The van der Waals surface area contributed by atoms with Gasteiger partial charge in [0, 0.05) is 29.4 Å². The predicted molar refractivity (Wildman–Crippen MR) is 62.9 cm³/mol. The van der Waals surface area contributed by atoms with E-state index in [1.165, 1.54) is 25.7 Å². The summed E-state index contributed by atoms with van der Waals surface area (Å²) in [5.74, 6) is 1.16. The van der Waals surface area contributed by atoms with Crippen LogP contribution in [0.25, 0.3) is 0 Å². The molecule has 0 aromatic carbocycles. The summed E-state index contributed by atoms with van der Waals surface area (Å²) in [5.41, 5.74) is 0. The zero-order chi connectivity index (χ0) is 9.23. The van der Waals surface area contributed by atoms with Crippen LogP contribution in [-0.4, -0.2) is 16.6 Å². The first-order valence-electron chi connectivity index (χ1n) is 4.71. The number of hydrogen-bond donors (Lipinski definition) is 1. The van der Waals surface area contributed by atoms with Crippen molar-refractivity contribution in [3.05, 3.63) is 0 Å². The van der Waals surface area contributed by atoms with E-state index in [1.807, 2.05) is 0 Å². The number of thioether (sulfide) groups is 1. The molecule has 0 heterocycles. The van der Waals surface area contributed by atoms with Crippen LogP contribution in [0.4, 0.5) is 0 Å². The van der Waals surface area contributed by atoms with Crippen LogP contribution >= 0.6 is 24.0 Å². The van der Waals surface area contributed by atoms with Gasteiger partial charge in [0.15, 0.2) is 0 Å². The molecule has 1 nitrogen and oxygen atoms in total. The van der Waals surface area contributed by atoms with Crippen LogP contribution in [0.2, 0.25) is 0 Å². The molecule has 1 N–H and O–H groups in total. The molecule has 0 saturated heterocycles. The summed E-state index contributed by atoms with van der Waals surface area (Å²) in [6.07, 6.45) is 4.97. The smallest absolute Gasteiger partial charge is 0.133 e. The van der Waals surface area contributed by atoms with Gasteiger partial charge in [0.2, 0.25) is 0 Å². The molecule has 0 rings (SSSR count). The van der Waals surface area contributed by atoms with E-state index in [4.69, 9.17) is 12.2 Å². The van der Waals surface area contributed by atoms with E-state index in [0.29, 0.717) is 0 Å². The summed E-state index contributed by atoms with van der Waals surface area (Å²) < 4.78 is 0.969. The average molecular weight is 260 g/mol. The van der Waals surface area contributed by atoms with Crippen LogP contribution in [0.3, 0.4) is 0 Å². The molecular formula is C9H19MnNS2. The molecule has 0 aliphatic rings. The second kappa shape index (κ2) is 12.8. The molecule has 0 aliphatic heterocycles. The third kappa shape index (κ3) is 12.8. The topological polar surface area (TPSA) is 12.0 Å². The first-order valence-corrected chi connectivity index (χ1v) is 6.11. The van der Waals surface area contributed by atoms with Crippen LogP contribution in [0.1, 0.15) is 39.5 Å². The fourth-order valence-corrected chi connectivity index (χ4v) is 1.90. The van der Waals surface area contributed by atoms with Gasteiger partial charge in [-0.3, -0.25) is 0 Å². The largest absolute Gasteiger partial charge is 0.371 e. The van der Waals surface area contributed by atoms with Crippen LogP contribution in [-0.2, 0) is 17.1 Å². The van der Waals surface area contributed by atoms with Crippen molar-refractivity contribution in [2.75, 3.05) is 12.3 Å². The van der Waals surface area contributed by atoms with Crippen molar-refractivity contribution in [3.8, 4) is 0 Å². The van der Waals surface area contributed by atoms with E-state index in [-0.39, 0.29) is 17.1 Å². The molecule has 0 bridgehead atoms. The summed E-state index contributed by atoms with van der Waals surface area (Å²) >= 11 is 6.90. The third-order valence-corrected chi connectivity index (χ3v) is 2.93. The van der Waals surface area contributed by atoms with Crippen molar-refractivity contribution in [2.45, 2.75) is 39.5 Å². The standard InChI is InChI=1S/C9H19NS2.Mn/c1-3-5-7-10-9(11)12-8-6-4-2;/h3-8H2,1-2H3,(H,10,11);. The molecule has 0 saturated carbocycles. The maximum absolute atomic E-state index is 5.13. The minimum atomic E-state index is 0. The molecule has 0 aliphatic carbocycles. The zero-order valence-electron chi connectivity index (χ0n) is 8.44. The quantitative estimate of drug-likeness (QED) is 0.447. The van der Waals surface area contributed by atoms with E-state index in [1.54, 1.807) is 11.8 Å². The fraction of sp³-hybridized carbons (Fsp3) is 0.889. The van der Waals surface area contributed by atoms with Gasteiger partial charge in [0.1, 0.15) is 4.32 Å². The second-order valence-electron chi connectivity index (χ2n) is 2.77. The Balaban J connectivity index is 0. The molecule has 0 aromatic rings. The van der Waals surface area contributed by atoms with Gasteiger partial charge in [-0.1, -0.05) is 50.7 Å². The molecule has 1 radical (unpaired) electrons. The monoisotopic (exact) mass is 260 g/mol. The summed E-state index contributed by atoms with van der Waals surface area (Å²) in [6, 6.07) is 0. The number of nitrogens with one attached hydrogen (secondary N) is 1. The summed E-state index contributed by atoms with van der Waals surface area (Å²) in [4.78, 5) is 0. The Hall–Kier alpha value is 0.759. The van der Waals surface area contributed by atoms with Crippen molar-refractivity contribution in [3.63, 3.8) is 0 Å². The van der Waals surface area contributed by atoms with Gasteiger partial charge in [-0.05, 0) is 12.8 Å². The number of unbranched alkanes of at least 4 members (excludes halogenated alkanes) is 2. The van der Waals surface area contributed by atoms with Crippen molar-refractivity contribution >= 4 is 28.3 Å². The molecular weight excluding hydrogens is 241 g/mol. The molecule has 0 atom stereocenters. The second-order valence-corrected chi connectivity index (χ2v) is 4.54. The predicted octanol–water partition coefficient (Wildman–Crippen LogP) is 3.19. The van der Waals surface area contributed by atoms with E-state index in [0.717, 1.165) is 16.6 Å². The van der Waals surface area contributed by atoms with Crippen LogP contribution in [0.15, 0.2) is 0 Å². The molecule has 0 spiro atoms. The molecule has 0 fully saturated rings. The van der Waals surface area contributed by atoms with Gasteiger partial charge in [-0.25, -0.2) is 0 Å². The Kier molecular flexibility index (Phi) is 15.9. The van der Waals surface area contributed by atoms with E-state index in [9.17, 15) is 0 Å². The Morgan fingerprint density at radius 1 is 1.23 bits per heavy atom. The molecule has 4 heteroatoms. The Labute approximate surface area is 102 Å². The summed E-state index contributed by atoms with van der Waals surface area (Å²) in [5, 5.41) is 3.24. The Morgan fingerprint density at radius 3 is 2.38 bits per heavy atom. The molecule has 13 heavy (non-hydrogen) atoms. The number of thiocarbonyl (C=S) groups is 1. The van der Waals surface area contributed by atoms with Gasteiger partial charge in [0.05, 0.1) is 0 Å². The third-order valence-electron chi connectivity index (χ3n) is 1.53. The molecule has 0 unspecified atom stereocenters. The van der Waals surface area contributed by atoms with Crippen LogP contribution in [0.5, 0.6) is 0 Å². The van der Waals surface area contributed by atoms with E-state index in [2.05, 4.69) is 19.2 Å². The van der Waals surface area contributed by atoms with Crippen molar-refractivity contribution < 1.29 is 17.1 Å². The Bertz CT molecular complexity index is 108. The minimum Gasteiger partial charge on any atom is -0.371 e. The summed E-state index contributed by atoms with van der Waals surface area (Å²) in [6.45, 7) is 5.43. The maximum Gasteiger partial charge on any atom is 0.133 e. The van der Waals surface area contributed by atoms with Gasteiger partial charge in [-0.15, -0.1) is 0 Å². The van der Waals surface area contributed by atoms with Crippen molar-refractivity contribution in [1.82, 2.24) is 5.32 Å². The van der Waals surface area contributed by atoms with Crippen molar-refractivity contribution in [2.24, 2.45) is 0 Å². The SMILES string of the molecule is CCCCNC(=S)SCCCC.[Mn]. The van der Waals surface area contributed by atoms with Crippen LogP contribution in [0, 0.1) is 0 Å². The minimum absolute atomic E-state index is 0. The number of rotatable bonds is 6. The zero-order valence-corrected chi connectivity index (χ0v) is 11.3. The van der Waals surface area contributed by atoms with Gasteiger partial charge < -0.3 is 5.32 Å². The maximum atomic E-state index is 5.13. The first-order chi connectivity index (χ1) is 5.81. The van der Waals surface area contributed by atoms with Crippen molar-refractivity contribution in [1.29, 1.82) is 0 Å². The van der Waals surface area contributed by atoms with E-state index < -0.39 is 0 Å². The molecule has 0 aromatic heterocycles.